The van der Waals surface area contributed by atoms with E-state index in [0.717, 1.165) is 16.8 Å². The molecule has 0 saturated carbocycles. The molecule has 1 atom stereocenters. The minimum Gasteiger partial charge on any atom is -0.497 e. The molecular weight excluding hydrogens is 277 g/mol. The van der Waals surface area contributed by atoms with E-state index in [1.54, 1.807) is 7.11 Å². The van der Waals surface area contributed by atoms with E-state index in [1.165, 1.54) is 5.56 Å². The highest BCUT2D eigenvalue weighted by molar-refractivity contribution is 9.10. The van der Waals surface area contributed by atoms with Gasteiger partial charge >= 0.3 is 0 Å². The molecule has 0 aliphatic carbocycles. The average Bonchev–Trinajstić information content (AvgIpc) is 2.27. The summed E-state index contributed by atoms with van der Waals surface area (Å²) < 4.78 is 6.25. The van der Waals surface area contributed by atoms with Crippen LogP contribution in [-0.2, 0) is 6.54 Å². The zero-order chi connectivity index (χ0) is 11.3. The number of benzene rings is 1. The van der Waals surface area contributed by atoms with Crippen molar-refractivity contribution in [3.8, 4) is 5.75 Å². The number of alkyl halides is 1. The molecule has 1 N–H and O–H groups in total. The van der Waals surface area contributed by atoms with Crippen LogP contribution in [0.4, 0.5) is 0 Å². The maximum atomic E-state index is 5.72. The van der Waals surface area contributed by atoms with Gasteiger partial charge in [0.05, 0.1) is 7.11 Å². The van der Waals surface area contributed by atoms with Gasteiger partial charge in [-0.2, -0.15) is 0 Å². The van der Waals surface area contributed by atoms with Crippen LogP contribution >= 0.6 is 27.5 Å². The lowest BCUT2D eigenvalue weighted by Gasteiger charge is -2.12. The van der Waals surface area contributed by atoms with E-state index in [-0.39, 0.29) is 0 Å². The molecule has 0 spiro atoms. The molecule has 0 radical (unpaired) electrons. The van der Waals surface area contributed by atoms with Crippen molar-refractivity contribution in [2.24, 2.45) is 0 Å². The Balaban J connectivity index is 2.66. The van der Waals surface area contributed by atoms with Crippen LogP contribution in [-0.4, -0.2) is 19.0 Å². The van der Waals surface area contributed by atoms with Gasteiger partial charge in [-0.05, 0) is 30.7 Å². The zero-order valence-corrected chi connectivity index (χ0v) is 11.2. The molecule has 0 bridgehead atoms. The summed E-state index contributed by atoms with van der Waals surface area (Å²) >= 11 is 9.22. The summed E-state index contributed by atoms with van der Waals surface area (Å²) in [6.07, 6.45) is 0. The minimum absolute atomic E-state index is 0.310. The van der Waals surface area contributed by atoms with Crippen LogP contribution < -0.4 is 10.1 Å². The molecule has 4 heteroatoms. The quantitative estimate of drug-likeness (QED) is 0.842. The van der Waals surface area contributed by atoms with Crippen molar-refractivity contribution in [2.75, 3.05) is 13.0 Å². The Hall–Kier alpha value is -0.250. The third-order valence-corrected chi connectivity index (χ3v) is 3.36. The molecule has 0 heterocycles. The fraction of sp³-hybridized carbons (Fsp3) is 0.455. The summed E-state index contributed by atoms with van der Waals surface area (Å²) in [6, 6.07) is 6.24. The molecule has 15 heavy (non-hydrogen) atoms. The third-order valence-electron chi connectivity index (χ3n) is 2.13. The average molecular weight is 293 g/mol. The van der Waals surface area contributed by atoms with E-state index < -0.39 is 0 Å². The van der Waals surface area contributed by atoms with Crippen LogP contribution in [0.2, 0.25) is 0 Å². The highest BCUT2D eigenvalue weighted by atomic mass is 79.9. The van der Waals surface area contributed by atoms with Crippen molar-refractivity contribution in [1.29, 1.82) is 0 Å². The summed E-state index contributed by atoms with van der Waals surface area (Å²) in [5.41, 5.74) is 1.17. The first kappa shape index (κ1) is 12.8. The Morgan fingerprint density at radius 3 is 2.87 bits per heavy atom. The van der Waals surface area contributed by atoms with Gasteiger partial charge in [-0.3, -0.25) is 0 Å². The number of halogens is 2. The molecule has 2 nitrogen and oxygen atoms in total. The summed E-state index contributed by atoms with van der Waals surface area (Å²) in [7, 11) is 1.67. The molecule has 0 fully saturated rings. The fourth-order valence-electron chi connectivity index (χ4n) is 1.15. The minimum atomic E-state index is 0.310. The number of hydrogen-bond acceptors (Lipinski definition) is 2. The Kier molecular flexibility index (Phi) is 5.43. The van der Waals surface area contributed by atoms with E-state index in [0.29, 0.717) is 11.9 Å². The number of rotatable bonds is 5. The standard InChI is InChI=1S/C11H15BrClNO/c1-8(6-13)14-7-9-5-10(15-2)3-4-11(9)12/h3-5,8,14H,6-7H2,1-2H3. The SMILES string of the molecule is COc1ccc(Br)c(CNC(C)CCl)c1. The van der Waals surface area contributed by atoms with Crippen LogP contribution in [0.1, 0.15) is 12.5 Å². The molecule has 1 unspecified atom stereocenters. The molecule has 0 aliphatic heterocycles. The fourth-order valence-corrected chi connectivity index (χ4v) is 1.65. The molecule has 0 aromatic heterocycles. The molecule has 84 valence electrons. The van der Waals surface area contributed by atoms with E-state index in [4.69, 9.17) is 16.3 Å². The second kappa shape index (κ2) is 6.36. The molecule has 0 saturated heterocycles. The summed E-state index contributed by atoms with van der Waals surface area (Å²) in [6.45, 7) is 2.84. The Morgan fingerprint density at radius 1 is 1.53 bits per heavy atom. The van der Waals surface area contributed by atoms with Gasteiger partial charge in [-0.15, -0.1) is 11.6 Å². The second-order valence-corrected chi connectivity index (χ2v) is 4.56. The maximum Gasteiger partial charge on any atom is 0.119 e. The van der Waals surface area contributed by atoms with Crippen LogP contribution in [0.5, 0.6) is 5.75 Å². The highest BCUT2D eigenvalue weighted by Gasteiger charge is 2.04. The smallest absolute Gasteiger partial charge is 0.119 e. The first-order chi connectivity index (χ1) is 7.17. The lowest BCUT2D eigenvalue weighted by molar-refractivity contribution is 0.413. The van der Waals surface area contributed by atoms with Gasteiger partial charge in [0.25, 0.3) is 0 Å². The van der Waals surface area contributed by atoms with Crippen molar-refractivity contribution >= 4 is 27.5 Å². The topological polar surface area (TPSA) is 21.3 Å². The van der Waals surface area contributed by atoms with Crippen LogP contribution in [0.3, 0.4) is 0 Å². The van der Waals surface area contributed by atoms with Crippen molar-refractivity contribution in [2.45, 2.75) is 19.5 Å². The predicted octanol–water partition coefficient (Wildman–Crippen LogP) is 3.17. The summed E-state index contributed by atoms with van der Waals surface area (Å²) in [4.78, 5) is 0. The molecule has 1 aromatic rings. The summed E-state index contributed by atoms with van der Waals surface area (Å²) in [5, 5.41) is 3.32. The number of hydrogen-bond donors (Lipinski definition) is 1. The predicted molar refractivity (Wildman–Crippen MR) is 67.7 cm³/mol. The third kappa shape index (κ3) is 4.01. The van der Waals surface area contributed by atoms with E-state index in [1.807, 2.05) is 18.2 Å². The highest BCUT2D eigenvalue weighted by Crippen LogP contribution is 2.22. The Bertz CT molecular complexity index is 319. The molecule has 1 aromatic carbocycles. The van der Waals surface area contributed by atoms with Crippen LogP contribution in [0.25, 0.3) is 0 Å². The van der Waals surface area contributed by atoms with E-state index in [9.17, 15) is 0 Å². The number of ether oxygens (including phenoxy) is 1. The maximum absolute atomic E-state index is 5.72. The normalized spacial score (nSPS) is 12.5. The first-order valence-corrected chi connectivity index (χ1v) is 6.12. The van der Waals surface area contributed by atoms with Gasteiger partial charge in [0.2, 0.25) is 0 Å². The first-order valence-electron chi connectivity index (χ1n) is 4.79. The summed E-state index contributed by atoms with van der Waals surface area (Å²) in [5.74, 6) is 1.48. The molecular formula is C11H15BrClNO. The lowest BCUT2D eigenvalue weighted by atomic mass is 10.2. The van der Waals surface area contributed by atoms with Crippen molar-refractivity contribution < 1.29 is 4.74 Å². The van der Waals surface area contributed by atoms with Gasteiger partial charge in [0, 0.05) is 22.9 Å². The van der Waals surface area contributed by atoms with Gasteiger partial charge in [0.15, 0.2) is 0 Å². The van der Waals surface area contributed by atoms with Gasteiger partial charge in [-0.1, -0.05) is 15.9 Å². The van der Waals surface area contributed by atoms with Crippen molar-refractivity contribution in [1.82, 2.24) is 5.32 Å². The molecule has 0 aliphatic rings. The van der Waals surface area contributed by atoms with Crippen LogP contribution in [0.15, 0.2) is 22.7 Å². The van der Waals surface area contributed by atoms with Crippen molar-refractivity contribution in [3.63, 3.8) is 0 Å². The lowest BCUT2D eigenvalue weighted by Crippen LogP contribution is -2.26. The molecule has 0 amide bonds. The number of nitrogens with one attached hydrogen (secondary N) is 1. The van der Waals surface area contributed by atoms with E-state index >= 15 is 0 Å². The largest absolute Gasteiger partial charge is 0.497 e. The Morgan fingerprint density at radius 2 is 2.27 bits per heavy atom. The zero-order valence-electron chi connectivity index (χ0n) is 8.89. The van der Waals surface area contributed by atoms with Crippen molar-refractivity contribution in [3.05, 3.63) is 28.2 Å². The Labute approximate surface area is 104 Å². The molecule has 1 rings (SSSR count). The van der Waals surface area contributed by atoms with E-state index in [2.05, 4.69) is 28.2 Å². The van der Waals surface area contributed by atoms with Gasteiger partial charge in [0.1, 0.15) is 5.75 Å². The monoisotopic (exact) mass is 291 g/mol. The second-order valence-electron chi connectivity index (χ2n) is 3.39. The van der Waals surface area contributed by atoms with Gasteiger partial charge in [-0.25, -0.2) is 0 Å². The van der Waals surface area contributed by atoms with Crippen LogP contribution in [0, 0.1) is 0 Å². The van der Waals surface area contributed by atoms with Gasteiger partial charge < -0.3 is 10.1 Å². The number of methoxy groups -OCH3 is 1.